The minimum Gasteiger partial charge on any atom is -0.456 e. The topological polar surface area (TPSA) is 111 Å². The Kier molecular flexibility index (Phi) is 6.78. The van der Waals surface area contributed by atoms with Gasteiger partial charge in [-0.05, 0) is 48.0 Å². The fourth-order valence-electron chi connectivity index (χ4n) is 3.77. The van der Waals surface area contributed by atoms with E-state index in [1.807, 2.05) is 0 Å². The molecular weight excluding hydrogens is 475 g/mol. The molecule has 1 atom stereocenters. The van der Waals surface area contributed by atoms with Crippen molar-refractivity contribution in [2.24, 2.45) is 0 Å². The molecule has 36 heavy (non-hydrogen) atoms. The molecule has 4 rings (SSSR count). The Morgan fingerprint density at radius 1 is 1.25 bits per heavy atom. The van der Waals surface area contributed by atoms with E-state index in [4.69, 9.17) is 10.00 Å². The van der Waals surface area contributed by atoms with Gasteiger partial charge in [-0.15, -0.1) is 0 Å². The van der Waals surface area contributed by atoms with Gasteiger partial charge in [0.15, 0.2) is 0 Å². The fraction of sp³-hybridized carbons (Fsp3) is 0.200. The van der Waals surface area contributed by atoms with Gasteiger partial charge in [0, 0.05) is 25.7 Å². The van der Waals surface area contributed by atoms with Gasteiger partial charge >= 0.3 is 0 Å². The van der Waals surface area contributed by atoms with Gasteiger partial charge < -0.3 is 19.9 Å². The number of hydrogen-bond acceptors (Lipinski definition) is 6. The molecule has 8 nitrogen and oxygen atoms in total. The number of likely N-dealkylation sites (tertiary alicyclic amines) is 1. The smallest absolute Gasteiger partial charge is 0.272 e. The maximum absolute atomic E-state index is 14.7. The SMILES string of the molecule is C=C(C(=O)Nc1ccc(Oc2ccc(F)cc2)cn1)N1CCC(F)(F)[C@@H](c2c[nH]c(=O)c(C#N)c2)C1. The molecule has 0 bridgehead atoms. The van der Waals surface area contributed by atoms with Gasteiger partial charge in [-0.2, -0.15) is 5.26 Å². The van der Waals surface area contributed by atoms with E-state index in [0.717, 1.165) is 12.3 Å². The Bertz CT molecular complexity index is 1380. The standard InChI is InChI=1S/C25H20F3N5O3/c1-15(23(34)32-22-7-6-20(13-30-22)36-19-4-2-18(26)3-5-19)33-9-8-25(27,28)21(14-33)17-10-16(11-29)24(35)31-12-17/h2-7,10,12-13,21H,1,8-9,14H2,(H,31,35)(H,30,32,34)/t21-/m1/s1. The predicted octanol–water partition coefficient (Wildman–Crippen LogP) is 4.15. The largest absolute Gasteiger partial charge is 0.456 e. The summed E-state index contributed by atoms with van der Waals surface area (Å²) in [4.78, 5) is 32.2. The van der Waals surface area contributed by atoms with Crippen LogP contribution in [0.4, 0.5) is 19.0 Å². The maximum Gasteiger partial charge on any atom is 0.272 e. The number of aromatic amines is 1. The number of nitrogens with zero attached hydrogens (tertiary/aromatic N) is 3. The van der Waals surface area contributed by atoms with Crippen molar-refractivity contribution in [3.63, 3.8) is 0 Å². The van der Waals surface area contributed by atoms with Gasteiger partial charge in [0.05, 0.1) is 17.8 Å². The van der Waals surface area contributed by atoms with Crippen molar-refractivity contribution in [2.45, 2.75) is 18.3 Å². The summed E-state index contributed by atoms with van der Waals surface area (Å²) in [6.45, 7) is 3.40. The number of amides is 1. The number of nitriles is 1. The summed E-state index contributed by atoms with van der Waals surface area (Å²) >= 11 is 0. The van der Waals surface area contributed by atoms with E-state index in [9.17, 15) is 22.8 Å². The summed E-state index contributed by atoms with van der Waals surface area (Å²) in [6, 6.07) is 11.3. The third kappa shape index (κ3) is 5.38. The lowest BCUT2D eigenvalue weighted by atomic mass is 9.87. The van der Waals surface area contributed by atoms with E-state index < -0.39 is 35.5 Å². The highest BCUT2D eigenvalue weighted by atomic mass is 19.3. The molecule has 0 saturated carbocycles. The minimum absolute atomic E-state index is 0.0335. The molecule has 0 radical (unpaired) electrons. The van der Waals surface area contributed by atoms with Crippen LogP contribution in [-0.2, 0) is 4.79 Å². The molecule has 0 aliphatic carbocycles. The molecule has 1 amide bonds. The Morgan fingerprint density at radius 3 is 2.64 bits per heavy atom. The lowest BCUT2D eigenvalue weighted by Gasteiger charge is -2.40. The number of H-pyrrole nitrogens is 1. The average molecular weight is 495 g/mol. The second-order valence-corrected chi connectivity index (χ2v) is 8.13. The van der Waals surface area contributed by atoms with E-state index in [2.05, 4.69) is 21.9 Å². The Hall–Kier alpha value is -4.59. The van der Waals surface area contributed by atoms with Crippen molar-refractivity contribution in [3.05, 3.63) is 94.4 Å². The number of hydrogen-bond donors (Lipinski definition) is 2. The molecule has 1 aliphatic rings. The van der Waals surface area contributed by atoms with Crippen molar-refractivity contribution >= 4 is 11.7 Å². The molecule has 1 fully saturated rings. The van der Waals surface area contributed by atoms with Crippen LogP contribution in [0, 0.1) is 17.1 Å². The highest BCUT2D eigenvalue weighted by Crippen LogP contribution is 2.41. The molecule has 1 aliphatic heterocycles. The number of piperidine rings is 1. The predicted molar refractivity (Wildman–Crippen MR) is 124 cm³/mol. The van der Waals surface area contributed by atoms with Crippen LogP contribution < -0.4 is 15.6 Å². The summed E-state index contributed by atoms with van der Waals surface area (Å²) in [5, 5.41) is 11.6. The van der Waals surface area contributed by atoms with Crippen LogP contribution in [0.3, 0.4) is 0 Å². The van der Waals surface area contributed by atoms with E-state index in [0.29, 0.717) is 11.5 Å². The molecule has 3 heterocycles. The van der Waals surface area contributed by atoms with Crippen molar-refractivity contribution in [3.8, 4) is 17.6 Å². The highest BCUT2D eigenvalue weighted by Gasteiger charge is 2.46. The number of aromatic nitrogens is 2. The van der Waals surface area contributed by atoms with E-state index in [1.54, 1.807) is 12.1 Å². The van der Waals surface area contributed by atoms with E-state index in [-0.39, 0.29) is 35.7 Å². The Morgan fingerprint density at radius 2 is 1.97 bits per heavy atom. The summed E-state index contributed by atoms with van der Waals surface area (Å²) in [7, 11) is 0. The van der Waals surface area contributed by atoms with Crippen LogP contribution in [0.15, 0.2) is 71.9 Å². The first kappa shape index (κ1) is 24.5. The van der Waals surface area contributed by atoms with Crippen LogP contribution in [0.2, 0.25) is 0 Å². The number of alkyl halides is 2. The second kappa shape index (κ2) is 9.95. The zero-order valence-corrected chi connectivity index (χ0v) is 18.8. The van der Waals surface area contributed by atoms with Gasteiger partial charge in [-0.25, -0.2) is 18.2 Å². The lowest BCUT2D eigenvalue weighted by molar-refractivity contribution is -0.116. The zero-order valence-electron chi connectivity index (χ0n) is 18.8. The zero-order chi connectivity index (χ0) is 25.9. The third-order valence-corrected chi connectivity index (χ3v) is 5.75. The number of rotatable bonds is 6. The quantitative estimate of drug-likeness (QED) is 0.497. The van der Waals surface area contributed by atoms with E-state index in [1.165, 1.54) is 41.4 Å². The van der Waals surface area contributed by atoms with Crippen LogP contribution >= 0.6 is 0 Å². The number of ether oxygens (including phenoxy) is 1. The van der Waals surface area contributed by atoms with Crippen LogP contribution in [0.5, 0.6) is 11.5 Å². The summed E-state index contributed by atoms with van der Waals surface area (Å²) in [5.74, 6) is -4.54. The van der Waals surface area contributed by atoms with Crippen LogP contribution in [0.1, 0.15) is 23.5 Å². The Balaban J connectivity index is 1.42. The molecule has 0 unspecified atom stereocenters. The molecule has 0 spiro atoms. The number of carbonyl (C=O) groups excluding carboxylic acids is 1. The van der Waals surface area contributed by atoms with Gasteiger partial charge in [-0.1, -0.05) is 6.58 Å². The van der Waals surface area contributed by atoms with Crippen molar-refractivity contribution in [1.82, 2.24) is 14.9 Å². The molecule has 1 aromatic carbocycles. The second-order valence-electron chi connectivity index (χ2n) is 8.13. The molecular formula is C25H20F3N5O3. The van der Waals surface area contributed by atoms with E-state index >= 15 is 0 Å². The summed E-state index contributed by atoms with van der Waals surface area (Å²) in [5.41, 5.74) is -0.876. The summed E-state index contributed by atoms with van der Waals surface area (Å²) < 4.78 is 48.0. The minimum atomic E-state index is -3.11. The fourth-order valence-corrected chi connectivity index (χ4v) is 3.77. The highest BCUT2D eigenvalue weighted by molar-refractivity contribution is 6.02. The normalized spacial score (nSPS) is 16.6. The molecule has 11 heteroatoms. The molecule has 1 saturated heterocycles. The van der Waals surface area contributed by atoms with Crippen LogP contribution in [0.25, 0.3) is 0 Å². The third-order valence-electron chi connectivity index (χ3n) is 5.75. The maximum atomic E-state index is 14.7. The van der Waals surface area contributed by atoms with Crippen molar-refractivity contribution in [2.75, 3.05) is 18.4 Å². The van der Waals surface area contributed by atoms with Crippen molar-refractivity contribution < 1.29 is 22.7 Å². The van der Waals surface area contributed by atoms with Gasteiger partial charge in [-0.3, -0.25) is 9.59 Å². The molecule has 2 N–H and O–H groups in total. The average Bonchev–Trinajstić information content (AvgIpc) is 2.86. The first-order valence-electron chi connectivity index (χ1n) is 10.8. The molecule has 184 valence electrons. The molecule has 2 aromatic heterocycles. The van der Waals surface area contributed by atoms with Crippen LogP contribution in [-0.4, -0.2) is 39.8 Å². The Labute approximate surface area is 203 Å². The van der Waals surface area contributed by atoms with Crippen molar-refractivity contribution in [1.29, 1.82) is 5.26 Å². The molecule has 3 aromatic rings. The van der Waals surface area contributed by atoms with Gasteiger partial charge in [0.2, 0.25) is 0 Å². The monoisotopic (exact) mass is 495 g/mol. The summed E-state index contributed by atoms with van der Waals surface area (Å²) in [6.07, 6.45) is 1.98. The van der Waals surface area contributed by atoms with Gasteiger partial charge in [0.1, 0.15) is 34.8 Å². The number of halogens is 3. The first-order chi connectivity index (χ1) is 17.2. The number of pyridine rings is 2. The lowest BCUT2D eigenvalue weighted by Crippen LogP contribution is -2.46. The number of benzene rings is 1. The first-order valence-corrected chi connectivity index (χ1v) is 10.8. The van der Waals surface area contributed by atoms with Gasteiger partial charge in [0.25, 0.3) is 17.4 Å². The number of nitrogens with one attached hydrogen (secondary N) is 2. The number of anilines is 1. The number of carbonyl (C=O) groups is 1.